The van der Waals surface area contributed by atoms with Gasteiger partial charge in [-0.25, -0.2) is 4.57 Å². The molecular weight excluding hydrogens is 419 g/mol. The molecule has 5 unspecified atom stereocenters. The van der Waals surface area contributed by atoms with Gasteiger partial charge < -0.3 is 35.9 Å². The van der Waals surface area contributed by atoms with Crippen molar-refractivity contribution in [2.24, 2.45) is 17.4 Å². The predicted molar refractivity (Wildman–Crippen MR) is 107 cm³/mol. The Bertz CT molecular complexity index is 582. The second kappa shape index (κ2) is 11.1. The highest BCUT2D eigenvalue weighted by Gasteiger charge is 2.47. The van der Waals surface area contributed by atoms with Crippen molar-refractivity contribution in [2.75, 3.05) is 20.3 Å². The van der Waals surface area contributed by atoms with Gasteiger partial charge in [-0.1, -0.05) is 13.8 Å². The van der Waals surface area contributed by atoms with Crippen LogP contribution < -0.4 is 11.5 Å². The van der Waals surface area contributed by atoms with Crippen LogP contribution in [0.25, 0.3) is 0 Å². The molecule has 2 fully saturated rings. The molecule has 2 rings (SSSR count). The zero-order chi connectivity index (χ0) is 22.6. The van der Waals surface area contributed by atoms with Crippen LogP contribution in [-0.2, 0) is 32.3 Å². The lowest BCUT2D eigenvalue weighted by molar-refractivity contribution is -0.147. The molecule has 0 aliphatic carbocycles. The quantitative estimate of drug-likeness (QED) is 0.330. The first-order chi connectivity index (χ1) is 14.0. The fourth-order valence-corrected chi connectivity index (χ4v) is 4.65. The SMILES string of the molecule is COP(=O)(OC[C@H]1O[C@@H](N)C(O)C1OC(C)C)OC1C(O)[C@H](N)CO[C@@H]1CC(C)C. The van der Waals surface area contributed by atoms with Gasteiger partial charge in [0.15, 0.2) is 0 Å². The molecule has 0 spiro atoms. The summed E-state index contributed by atoms with van der Waals surface area (Å²) in [5.74, 6) is 0.245. The monoisotopic (exact) mass is 456 g/mol. The fourth-order valence-electron chi connectivity index (χ4n) is 3.51. The molecule has 0 saturated carbocycles. The van der Waals surface area contributed by atoms with Gasteiger partial charge >= 0.3 is 7.82 Å². The highest BCUT2D eigenvalue weighted by Crippen LogP contribution is 2.52. The van der Waals surface area contributed by atoms with Gasteiger partial charge in [0.1, 0.15) is 36.7 Å². The van der Waals surface area contributed by atoms with Crippen molar-refractivity contribution in [1.82, 2.24) is 0 Å². The van der Waals surface area contributed by atoms with Crippen LogP contribution in [0.15, 0.2) is 0 Å². The molecule has 0 aromatic heterocycles. The molecule has 9 atom stereocenters. The number of aliphatic hydroxyl groups excluding tert-OH is 2. The number of hydrogen-bond acceptors (Lipinski definition) is 11. The molecule has 30 heavy (non-hydrogen) atoms. The van der Waals surface area contributed by atoms with Crippen molar-refractivity contribution in [3.05, 3.63) is 0 Å². The van der Waals surface area contributed by atoms with Gasteiger partial charge in [0.05, 0.1) is 31.5 Å². The largest absolute Gasteiger partial charge is 0.475 e. The van der Waals surface area contributed by atoms with E-state index >= 15 is 0 Å². The van der Waals surface area contributed by atoms with Gasteiger partial charge in [0, 0.05) is 7.11 Å². The maximum atomic E-state index is 13.1. The Labute approximate surface area is 177 Å². The third kappa shape index (κ3) is 6.66. The summed E-state index contributed by atoms with van der Waals surface area (Å²) in [7, 11) is -2.95. The number of ether oxygens (including phenoxy) is 3. The summed E-state index contributed by atoms with van der Waals surface area (Å²) < 4.78 is 46.1. The first-order valence-corrected chi connectivity index (χ1v) is 11.7. The number of phosphoric ester groups is 1. The van der Waals surface area contributed by atoms with Gasteiger partial charge in [-0.05, 0) is 26.2 Å². The Balaban J connectivity index is 2.07. The van der Waals surface area contributed by atoms with Crippen LogP contribution in [0.3, 0.4) is 0 Å². The average Bonchev–Trinajstić information content (AvgIpc) is 2.93. The van der Waals surface area contributed by atoms with E-state index in [1.165, 1.54) is 7.11 Å². The van der Waals surface area contributed by atoms with Crippen LogP contribution in [0, 0.1) is 5.92 Å². The Morgan fingerprint density at radius 3 is 2.33 bits per heavy atom. The Morgan fingerprint density at radius 2 is 1.77 bits per heavy atom. The molecule has 0 bridgehead atoms. The molecule has 2 aliphatic heterocycles. The third-order valence-corrected chi connectivity index (χ3v) is 6.43. The number of phosphoric acid groups is 1. The van der Waals surface area contributed by atoms with Crippen molar-refractivity contribution in [1.29, 1.82) is 0 Å². The minimum atomic E-state index is -4.12. The molecule has 11 nitrogen and oxygen atoms in total. The first kappa shape index (κ1) is 26.1. The summed E-state index contributed by atoms with van der Waals surface area (Å²) in [6.07, 6.45) is -5.84. The van der Waals surface area contributed by atoms with Crippen molar-refractivity contribution >= 4 is 7.82 Å². The zero-order valence-corrected chi connectivity index (χ0v) is 19.1. The van der Waals surface area contributed by atoms with Crippen molar-refractivity contribution in [2.45, 2.75) is 89.1 Å². The Morgan fingerprint density at radius 1 is 1.10 bits per heavy atom. The van der Waals surface area contributed by atoms with E-state index in [9.17, 15) is 14.8 Å². The van der Waals surface area contributed by atoms with Crippen molar-refractivity contribution in [3.63, 3.8) is 0 Å². The molecule has 0 aromatic carbocycles. The number of aliphatic hydroxyl groups is 2. The lowest BCUT2D eigenvalue weighted by Crippen LogP contribution is -2.57. The van der Waals surface area contributed by atoms with Crippen LogP contribution in [0.5, 0.6) is 0 Å². The van der Waals surface area contributed by atoms with Gasteiger partial charge in [0.25, 0.3) is 0 Å². The highest BCUT2D eigenvalue weighted by atomic mass is 31.2. The molecule has 12 heteroatoms. The molecule has 0 amide bonds. The third-order valence-electron chi connectivity index (χ3n) is 5.02. The fraction of sp³-hybridized carbons (Fsp3) is 1.00. The van der Waals surface area contributed by atoms with E-state index in [1.807, 2.05) is 13.8 Å². The Hall–Kier alpha value is -0.170. The normalized spacial score (nSPS) is 39.6. The standard InChI is InChI=1S/C18H37N2O9P/c1-9(2)6-12-17(14(21)11(19)7-25-12)29-30(23,24-5)26-8-13-16(27-10(3)4)15(22)18(20)28-13/h9-18,21-22H,6-8,19-20H2,1-5H3/t11-,12-,13-,14?,15?,16?,17?,18-,30?/m1/s1. The summed E-state index contributed by atoms with van der Waals surface area (Å²) in [4.78, 5) is 0. The summed E-state index contributed by atoms with van der Waals surface area (Å²) in [6, 6.07) is -0.696. The van der Waals surface area contributed by atoms with Crippen molar-refractivity contribution < 1.29 is 42.6 Å². The van der Waals surface area contributed by atoms with Crippen molar-refractivity contribution in [3.8, 4) is 0 Å². The molecular formula is C18H37N2O9P. The topological polar surface area (TPSA) is 165 Å². The average molecular weight is 456 g/mol. The van der Waals surface area contributed by atoms with Gasteiger partial charge in [-0.2, -0.15) is 0 Å². The van der Waals surface area contributed by atoms with Crippen LogP contribution in [0.4, 0.5) is 0 Å². The van der Waals surface area contributed by atoms with E-state index in [1.54, 1.807) is 13.8 Å². The number of hydrogen-bond donors (Lipinski definition) is 4. The molecule has 2 saturated heterocycles. The lowest BCUT2D eigenvalue weighted by atomic mass is 9.93. The predicted octanol–water partition coefficient (Wildman–Crippen LogP) is 0.114. The van der Waals surface area contributed by atoms with Gasteiger partial charge in [-0.3, -0.25) is 13.6 Å². The lowest BCUT2D eigenvalue weighted by Gasteiger charge is -2.40. The van der Waals surface area contributed by atoms with Gasteiger partial charge in [-0.15, -0.1) is 0 Å². The van der Waals surface area contributed by atoms with Gasteiger partial charge in [0.2, 0.25) is 0 Å². The molecule has 178 valence electrons. The summed E-state index contributed by atoms with van der Waals surface area (Å²) in [5, 5.41) is 20.7. The molecule has 0 radical (unpaired) electrons. The van der Waals surface area contributed by atoms with E-state index in [0.717, 1.165) is 0 Å². The van der Waals surface area contributed by atoms with E-state index in [2.05, 4.69) is 0 Å². The number of rotatable bonds is 10. The second-order valence-corrected chi connectivity index (χ2v) is 10.2. The van der Waals surface area contributed by atoms with Crippen LogP contribution >= 0.6 is 7.82 Å². The smallest absolute Gasteiger partial charge is 0.389 e. The van der Waals surface area contributed by atoms with Crippen LogP contribution in [0.1, 0.15) is 34.1 Å². The van der Waals surface area contributed by atoms with Crippen LogP contribution in [0.2, 0.25) is 0 Å². The second-order valence-electron chi connectivity index (χ2n) is 8.43. The highest BCUT2D eigenvalue weighted by molar-refractivity contribution is 7.48. The maximum absolute atomic E-state index is 13.1. The van der Waals surface area contributed by atoms with E-state index in [0.29, 0.717) is 6.42 Å². The first-order valence-electron chi connectivity index (χ1n) is 10.3. The summed E-state index contributed by atoms with van der Waals surface area (Å²) in [5.41, 5.74) is 11.6. The van der Waals surface area contributed by atoms with Crippen LogP contribution in [-0.4, -0.2) is 85.5 Å². The Kier molecular flexibility index (Phi) is 9.66. The summed E-state index contributed by atoms with van der Waals surface area (Å²) >= 11 is 0. The maximum Gasteiger partial charge on any atom is 0.475 e. The molecule has 2 heterocycles. The summed E-state index contributed by atoms with van der Waals surface area (Å²) in [6.45, 7) is 7.50. The molecule has 2 aliphatic rings. The van der Waals surface area contributed by atoms with E-state index in [-0.39, 0.29) is 25.2 Å². The minimum Gasteiger partial charge on any atom is -0.389 e. The van der Waals surface area contributed by atoms with E-state index < -0.39 is 56.7 Å². The molecule has 0 aromatic rings. The zero-order valence-electron chi connectivity index (χ0n) is 18.2. The molecule has 6 N–H and O–H groups in total. The minimum absolute atomic E-state index is 0.163. The number of nitrogens with two attached hydrogens (primary N) is 2. The van der Waals surface area contributed by atoms with E-state index in [4.69, 9.17) is 39.2 Å².